The first-order valence-corrected chi connectivity index (χ1v) is 9.98. The summed E-state index contributed by atoms with van der Waals surface area (Å²) in [6.45, 7) is -0.141. The monoisotopic (exact) mass is 401 g/mol. The molecule has 1 spiro atoms. The fraction of sp³-hybridized carbons (Fsp3) is 0.350. The lowest BCUT2D eigenvalue weighted by atomic mass is 9.80. The number of carbonyl (C=O) groups is 3. The minimum atomic E-state index is -1.05. The standard InChI is InChI=1S/C20H20FN3O3S/c1-23(11-13-4-2-5-14(21)10-13)17(25)12-24-18(26)20(22-19(24)27)8-3-6-16-15(20)7-9-28-16/h2,4-5,7,9-10H,3,6,8,11-12H2,1H3,(H,22,27)/t20-/m0/s1. The average molecular weight is 401 g/mol. The van der Waals surface area contributed by atoms with Crippen LogP contribution in [0.4, 0.5) is 9.18 Å². The molecule has 1 aromatic carbocycles. The molecule has 2 heterocycles. The smallest absolute Gasteiger partial charge is 0.325 e. The van der Waals surface area contributed by atoms with Gasteiger partial charge in [0.15, 0.2) is 0 Å². The second-order valence-corrected chi connectivity index (χ2v) is 8.22. The molecule has 0 bridgehead atoms. The Morgan fingerprint density at radius 1 is 1.36 bits per heavy atom. The van der Waals surface area contributed by atoms with Gasteiger partial charge < -0.3 is 10.2 Å². The summed E-state index contributed by atoms with van der Waals surface area (Å²) in [4.78, 5) is 41.8. The Morgan fingerprint density at radius 3 is 2.96 bits per heavy atom. The molecule has 2 aromatic rings. The van der Waals surface area contributed by atoms with E-state index in [1.165, 1.54) is 17.0 Å². The normalized spacial score (nSPS) is 21.0. The Balaban J connectivity index is 1.49. The largest absolute Gasteiger partial charge is 0.340 e. The highest BCUT2D eigenvalue weighted by Crippen LogP contribution is 2.42. The zero-order valence-corrected chi connectivity index (χ0v) is 16.2. The van der Waals surface area contributed by atoms with Crippen LogP contribution in [-0.4, -0.2) is 41.2 Å². The van der Waals surface area contributed by atoms with Crippen molar-refractivity contribution in [3.63, 3.8) is 0 Å². The first kappa shape index (κ1) is 18.6. The minimum Gasteiger partial charge on any atom is -0.340 e. The summed E-state index contributed by atoms with van der Waals surface area (Å²) < 4.78 is 13.3. The van der Waals surface area contributed by atoms with Gasteiger partial charge in [0.05, 0.1) is 0 Å². The van der Waals surface area contributed by atoms with Crippen molar-refractivity contribution in [3.05, 3.63) is 57.5 Å². The number of nitrogens with zero attached hydrogens (tertiary/aromatic N) is 2. The molecule has 1 atom stereocenters. The predicted molar refractivity (Wildman–Crippen MR) is 102 cm³/mol. The lowest BCUT2D eigenvalue weighted by molar-refractivity contribution is -0.139. The number of fused-ring (bicyclic) bond motifs is 2. The molecule has 146 valence electrons. The number of rotatable bonds is 4. The van der Waals surface area contributed by atoms with Crippen molar-refractivity contribution in [1.82, 2.24) is 15.1 Å². The number of nitrogens with one attached hydrogen (secondary N) is 1. The van der Waals surface area contributed by atoms with Crippen molar-refractivity contribution >= 4 is 29.2 Å². The molecule has 1 aromatic heterocycles. The predicted octanol–water partition coefficient (Wildman–Crippen LogP) is 2.63. The highest BCUT2D eigenvalue weighted by Gasteiger charge is 2.54. The van der Waals surface area contributed by atoms with Crippen molar-refractivity contribution < 1.29 is 18.8 Å². The van der Waals surface area contributed by atoms with Crippen LogP contribution in [0.1, 0.15) is 28.8 Å². The Morgan fingerprint density at radius 2 is 2.18 bits per heavy atom. The van der Waals surface area contributed by atoms with Gasteiger partial charge in [-0.3, -0.25) is 14.5 Å². The maximum atomic E-state index is 13.3. The molecule has 6 nitrogen and oxygen atoms in total. The van der Waals surface area contributed by atoms with E-state index < -0.39 is 11.6 Å². The van der Waals surface area contributed by atoms with Crippen molar-refractivity contribution in [2.24, 2.45) is 0 Å². The van der Waals surface area contributed by atoms with Crippen molar-refractivity contribution in [1.29, 1.82) is 0 Å². The van der Waals surface area contributed by atoms with Gasteiger partial charge in [-0.1, -0.05) is 12.1 Å². The van der Waals surface area contributed by atoms with Crippen LogP contribution in [0.3, 0.4) is 0 Å². The topological polar surface area (TPSA) is 69.7 Å². The summed E-state index contributed by atoms with van der Waals surface area (Å²) in [5, 5.41) is 4.76. The number of aryl methyl sites for hydroxylation is 1. The zero-order chi connectivity index (χ0) is 19.9. The van der Waals surface area contributed by atoms with Gasteiger partial charge in [-0.15, -0.1) is 11.3 Å². The van der Waals surface area contributed by atoms with E-state index in [9.17, 15) is 18.8 Å². The number of benzene rings is 1. The van der Waals surface area contributed by atoms with E-state index in [0.717, 1.165) is 28.2 Å². The number of hydrogen-bond donors (Lipinski definition) is 1. The SMILES string of the molecule is CN(Cc1cccc(F)c1)C(=O)CN1C(=O)N[C@]2(CCCc3sccc32)C1=O. The van der Waals surface area contributed by atoms with E-state index in [-0.39, 0.29) is 30.7 Å². The number of imide groups is 1. The molecular formula is C20H20FN3O3S. The van der Waals surface area contributed by atoms with E-state index in [1.807, 2.05) is 11.4 Å². The molecule has 1 aliphatic heterocycles. The van der Waals surface area contributed by atoms with E-state index in [4.69, 9.17) is 0 Å². The summed E-state index contributed by atoms with van der Waals surface area (Å²) in [6.07, 6.45) is 2.24. The Bertz CT molecular complexity index is 960. The highest BCUT2D eigenvalue weighted by molar-refractivity contribution is 7.10. The first-order chi connectivity index (χ1) is 13.4. The molecule has 1 N–H and O–H groups in total. The first-order valence-electron chi connectivity index (χ1n) is 9.10. The molecule has 1 fully saturated rings. The van der Waals surface area contributed by atoms with Crippen LogP contribution in [0.25, 0.3) is 0 Å². The zero-order valence-electron chi connectivity index (χ0n) is 15.4. The second-order valence-electron chi connectivity index (χ2n) is 7.22. The van der Waals surface area contributed by atoms with Crippen molar-refractivity contribution in [3.8, 4) is 0 Å². The van der Waals surface area contributed by atoms with Crippen LogP contribution >= 0.6 is 11.3 Å². The summed E-state index contributed by atoms with van der Waals surface area (Å²) in [5.41, 5.74) is 0.441. The Kier molecular flexibility index (Phi) is 4.66. The van der Waals surface area contributed by atoms with E-state index in [0.29, 0.717) is 12.0 Å². The Hall–Kier alpha value is -2.74. The molecule has 0 unspecified atom stereocenters. The summed E-state index contributed by atoms with van der Waals surface area (Å²) in [6, 6.07) is 7.32. The van der Waals surface area contributed by atoms with E-state index >= 15 is 0 Å². The molecule has 1 saturated heterocycles. The van der Waals surface area contributed by atoms with Crippen LogP contribution in [0.15, 0.2) is 35.7 Å². The molecule has 0 radical (unpaired) electrons. The quantitative estimate of drug-likeness (QED) is 0.801. The lowest BCUT2D eigenvalue weighted by Crippen LogP contribution is -2.46. The third-order valence-corrected chi connectivity index (χ3v) is 6.35. The van der Waals surface area contributed by atoms with Crippen LogP contribution in [0.2, 0.25) is 0 Å². The molecular weight excluding hydrogens is 381 g/mol. The molecule has 1 aliphatic carbocycles. The second kappa shape index (κ2) is 7.01. The molecule has 4 amide bonds. The third kappa shape index (κ3) is 3.07. The number of amides is 4. The fourth-order valence-corrected chi connectivity index (χ4v) is 4.94. The average Bonchev–Trinajstić information content (AvgIpc) is 3.22. The van der Waals surface area contributed by atoms with Crippen molar-refractivity contribution in [2.75, 3.05) is 13.6 Å². The Labute approximate surface area is 165 Å². The number of thiophene rings is 1. The van der Waals surface area contributed by atoms with Gasteiger partial charge in [0.1, 0.15) is 17.9 Å². The van der Waals surface area contributed by atoms with Gasteiger partial charge in [-0.05, 0) is 48.4 Å². The summed E-state index contributed by atoms with van der Waals surface area (Å²) in [5.74, 6) is -1.13. The van der Waals surface area contributed by atoms with E-state index in [2.05, 4.69) is 5.32 Å². The molecule has 28 heavy (non-hydrogen) atoms. The van der Waals surface area contributed by atoms with E-state index in [1.54, 1.807) is 30.5 Å². The lowest BCUT2D eigenvalue weighted by Gasteiger charge is -2.31. The van der Waals surface area contributed by atoms with Gasteiger partial charge in [-0.2, -0.15) is 0 Å². The third-order valence-electron chi connectivity index (χ3n) is 5.36. The van der Waals surface area contributed by atoms with Gasteiger partial charge in [0, 0.05) is 24.0 Å². The van der Waals surface area contributed by atoms with Gasteiger partial charge in [0.2, 0.25) is 5.91 Å². The van der Waals surface area contributed by atoms with Gasteiger partial charge >= 0.3 is 6.03 Å². The van der Waals surface area contributed by atoms with Crippen LogP contribution in [0.5, 0.6) is 0 Å². The molecule has 8 heteroatoms. The molecule has 4 rings (SSSR count). The van der Waals surface area contributed by atoms with Gasteiger partial charge in [0.25, 0.3) is 5.91 Å². The van der Waals surface area contributed by atoms with Gasteiger partial charge in [-0.25, -0.2) is 9.18 Å². The highest BCUT2D eigenvalue weighted by atomic mass is 32.1. The van der Waals surface area contributed by atoms with Crippen LogP contribution in [-0.2, 0) is 28.1 Å². The maximum absolute atomic E-state index is 13.3. The van der Waals surface area contributed by atoms with Crippen LogP contribution < -0.4 is 5.32 Å². The van der Waals surface area contributed by atoms with Crippen LogP contribution in [0, 0.1) is 5.82 Å². The number of hydrogen-bond acceptors (Lipinski definition) is 4. The summed E-state index contributed by atoms with van der Waals surface area (Å²) in [7, 11) is 1.57. The number of carbonyl (C=O) groups excluding carboxylic acids is 3. The maximum Gasteiger partial charge on any atom is 0.325 e. The minimum absolute atomic E-state index is 0.195. The number of likely N-dealkylation sites (N-methyl/N-ethyl adjacent to an activating group) is 1. The fourth-order valence-electron chi connectivity index (χ4n) is 3.94. The molecule has 0 saturated carbocycles. The number of urea groups is 1. The number of halogens is 1. The molecule has 2 aliphatic rings. The van der Waals surface area contributed by atoms with Crippen molar-refractivity contribution in [2.45, 2.75) is 31.3 Å². The summed E-state index contributed by atoms with van der Waals surface area (Å²) >= 11 is 1.58.